The van der Waals surface area contributed by atoms with Crippen molar-refractivity contribution in [2.24, 2.45) is 4.99 Å². The standard InChI is InChI=1S/C22H23NO2S/c1-3-22(15-14-20(24)25-4-2)16-26-19-13-9-8-12-18(19)21(23-22)17-10-6-5-7-11-17/h5-15H,3-4,16H2,1-2H3/b15-14+. The molecule has 1 unspecified atom stereocenters. The van der Waals surface area contributed by atoms with Crippen molar-refractivity contribution in [1.29, 1.82) is 0 Å². The van der Waals surface area contributed by atoms with Gasteiger partial charge in [-0.3, -0.25) is 4.99 Å². The van der Waals surface area contributed by atoms with E-state index in [1.165, 1.54) is 11.0 Å². The van der Waals surface area contributed by atoms with E-state index < -0.39 is 5.54 Å². The number of rotatable bonds is 5. The number of fused-ring (bicyclic) bond motifs is 1. The lowest BCUT2D eigenvalue weighted by Gasteiger charge is -2.24. The van der Waals surface area contributed by atoms with Gasteiger partial charge in [-0.05, 0) is 25.5 Å². The molecule has 0 saturated carbocycles. The highest BCUT2D eigenvalue weighted by molar-refractivity contribution is 7.99. The van der Waals surface area contributed by atoms with Crippen LogP contribution in [0.1, 0.15) is 31.4 Å². The molecule has 0 aromatic heterocycles. The number of ether oxygens (including phenoxy) is 1. The molecule has 134 valence electrons. The molecular weight excluding hydrogens is 342 g/mol. The van der Waals surface area contributed by atoms with Crippen LogP contribution in [0.4, 0.5) is 0 Å². The lowest BCUT2D eigenvalue weighted by molar-refractivity contribution is -0.137. The molecule has 1 aliphatic rings. The number of thioether (sulfide) groups is 1. The van der Waals surface area contributed by atoms with Gasteiger partial charge in [-0.1, -0.05) is 55.5 Å². The van der Waals surface area contributed by atoms with E-state index in [9.17, 15) is 4.79 Å². The molecule has 1 aliphatic heterocycles. The summed E-state index contributed by atoms with van der Waals surface area (Å²) >= 11 is 1.79. The van der Waals surface area contributed by atoms with Gasteiger partial charge in [-0.25, -0.2) is 4.79 Å². The number of carbonyl (C=O) groups is 1. The maximum Gasteiger partial charge on any atom is 0.330 e. The summed E-state index contributed by atoms with van der Waals surface area (Å²) in [6.07, 6.45) is 4.24. The largest absolute Gasteiger partial charge is 0.463 e. The van der Waals surface area contributed by atoms with E-state index in [4.69, 9.17) is 9.73 Å². The molecule has 0 saturated heterocycles. The Kier molecular flexibility index (Phi) is 5.94. The normalized spacial score (nSPS) is 19.5. The van der Waals surface area contributed by atoms with Crippen LogP contribution in [0.2, 0.25) is 0 Å². The lowest BCUT2D eigenvalue weighted by atomic mass is 9.95. The average Bonchev–Trinajstić information content (AvgIpc) is 2.85. The second kappa shape index (κ2) is 8.37. The predicted molar refractivity (Wildman–Crippen MR) is 108 cm³/mol. The summed E-state index contributed by atoms with van der Waals surface area (Å²) in [5.74, 6) is 0.468. The van der Waals surface area contributed by atoms with Crippen molar-refractivity contribution in [3.8, 4) is 0 Å². The Morgan fingerprint density at radius 2 is 1.88 bits per heavy atom. The molecule has 0 aliphatic carbocycles. The molecule has 4 heteroatoms. The first-order chi connectivity index (χ1) is 12.7. The van der Waals surface area contributed by atoms with Crippen molar-refractivity contribution < 1.29 is 9.53 Å². The first kappa shape index (κ1) is 18.5. The first-order valence-electron chi connectivity index (χ1n) is 8.91. The zero-order chi connectivity index (χ0) is 18.4. The van der Waals surface area contributed by atoms with Crippen LogP contribution in [0, 0.1) is 0 Å². The summed E-state index contributed by atoms with van der Waals surface area (Å²) in [6.45, 7) is 4.30. The fourth-order valence-electron chi connectivity index (χ4n) is 2.92. The molecule has 0 amide bonds. The smallest absolute Gasteiger partial charge is 0.330 e. The predicted octanol–water partition coefficient (Wildman–Crippen LogP) is 4.90. The molecule has 2 aromatic rings. The SMILES string of the molecule is CCOC(=O)/C=C/C1(CC)CSc2ccccc2C(c2ccccc2)=N1. The number of esters is 1. The number of benzene rings is 2. The van der Waals surface area contributed by atoms with Gasteiger partial charge in [0.1, 0.15) is 0 Å². The van der Waals surface area contributed by atoms with E-state index in [1.54, 1.807) is 11.8 Å². The third kappa shape index (κ3) is 4.07. The van der Waals surface area contributed by atoms with Crippen LogP contribution in [0.3, 0.4) is 0 Å². The summed E-state index contributed by atoms with van der Waals surface area (Å²) < 4.78 is 5.05. The number of carbonyl (C=O) groups excluding carboxylic acids is 1. The molecule has 0 radical (unpaired) electrons. The van der Waals surface area contributed by atoms with Gasteiger partial charge in [0, 0.05) is 27.9 Å². The Morgan fingerprint density at radius 1 is 1.15 bits per heavy atom. The van der Waals surface area contributed by atoms with Crippen LogP contribution in [0.5, 0.6) is 0 Å². The van der Waals surface area contributed by atoms with Gasteiger partial charge >= 0.3 is 5.97 Å². The molecule has 1 atom stereocenters. The van der Waals surface area contributed by atoms with E-state index in [1.807, 2.05) is 37.3 Å². The number of hydrogen-bond donors (Lipinski definition) is 0. The molecule has 3 nitrogen and oxygen atoms in total. The minimum Gasteiger partial charge on any atom is -0.463 e. The molecule has 0 spiro atoms. The van der Waals surface area contributed by atoms with Crippen LogP contribution >= 0.6 is 11.8 Å². The summed E-state index contributed by atoms with van der Waals surface area (Å²) in [7, 11) is 0. The lowest BCUT2D eigenvalue weighted by Crippen LogP contribution is -2.27. The minimum absolute atomic E-state index is 0.316. The Hall–Kier alpha value is -2.33. The van der Waals surface area contributed by atoms with E-state index in [0.717, 1.165) is 29.0 Å². The van der Waals surface area contributed by atoms with E-state index in [0.29, 0.717) is 6.61 Å². The summed E-state index contributed by atoms with van der Waals surface area (Å²) in [5, 5.41) is 0. The van der Waals surface area contributed by atoms with Gasteiger partial charge in [0.05, 0.1) is 17.9 Å². The van der Waals surface area contributed by atoms with Crippen LogP contribution < -0.4 is 0 Å². The minimum atomic E-state index is -0.443. The Labute approximate surface area is 159 Å². The average molecular weight is 365 g/mol. The van der Waals surface area contributed by atoms with E-state index >= 15 is 0 Å². The maximum atomic E-state index is 11.8. The van der Waals surface area contributed by atoms with Crippen LogP contribution in [0.15, 0.2) is 76.6 Å². The van der Waals surface area contributed by atoms with Gasteiger partial charge in [0.15, 0.2) is 0 Å². The second-order valence-corrected chi connectivity index (χ2v) is 7.17. The zero-order valence-corrected chi connectivity index (χ0v) is 16.0. The van der Waals surface area contributed by atoms with Crippen molar-refractivity contribution in [1.82, 2.24) is 0 Å². The molecule has 0 bridgehead atoms. The van der Waals surface area contributed by atoms with Gasteiger partial charge in [-0.15, -0.1) is 11.8 Å². The van der Waals surface area contributed by atoms with Crippen molar-refractivity contribution in [2.45, 2.75) is 30.7 Å². The Morgan fingerprint density at radius 3 is 2.62 bits per heavy atom. The van der Waals surface area contributed by atoms with Gasteiger partial charge in [0.25, 0.3) is 0 Å². The third-order valence-corrected chi connectivity index (χ3v) is 5.74. The van der Waals surface area contributed by atoms with Crippen LogP contribution in [-0.4, -0.2) is 29.6 Å². The number of aliphatic imine (C=N–C) groups is 1. The van der Waals surface area contributed by atoms with Crippen molar-refractivity contribution in [3.63, 3.8) is 0 Å². The summed E-state index contributed by atoms with van der Waals surface area (Å²) in [4.78, 5) is 18.2. The summed E-state index contributed by atoms with van der Waals surface area (Å²) in [5.41, 5.74) is 2.76. The highest BCUT2D eigenvalue weighted by Gasteiger charge is 2.30. The molecule has 2 aromatic carbocycles. The monoisotopic (exact) mass is 365 g/mol. The van der Waals surface area contributed by atoms with Crippen LogP contribution in [0.25, 0.3) is 0 Å². The van der Waals surface area contributed by atoms with Gasteiger partial charge in [0.2, 0.25) is 0 Å². The Balaban J connectivity index is 2.09. The molecular formula is C22H23NO2S. The first-order valence-corrected chi connectivity index (χ1v) is 9.89. The van der Waals surface area contributed by atoms with Crippen molar-refractivity contribution in [3.05, 3.63) is 77.9 Å². The molecule has 0 fully saturated rings. The number of nitrogens with zero attached hydrogens (tertiary/aromatic N) is 1. The fourth-order valence-corrected chi connectivity index (χ4v) is 4.19. The quantitative estimate of drug-likeness (QED) is 0.559. The Bertz CT molecular complexity index is 829. The molecule has 0 N–H and O–H groups in total. The van der Waals surface area contributed by atoms with Gasteiger partial charge in [-0.2, -0.15) is 0 Å². The van der Waals surface area contributed by atoms with E-state index in [2.05, 4.69) is 37.3 Å². The van der Waals surface area contributed by atoms with Crippen molar-refractivity contribution >= 4 is 23.4 Å². The molecule has 26 heavy (non-hydrogen) atoms. The maximum absolute atomic E-state index is 11.8. The van der Waals surface area contributed by atoms with Crippen LogP contribution in [-0.2, 0) is 9.53 Å². The van der Waals surface area contributed by atoms with Gasteiger partial charge < -0.3 is 4.74 Å². The topological polar surface area (TPSA) is 38.7 Å². The third-order valence-electron chi connectivity index (χ3n) is 4.43. The van der Waals surface area contributed by atoms with Crippen molar-refractivity contribution in [2.75, 3.05) is 12.4 Å². The number of hydrogen-bond acceptors (Lipinski definition) is 4. The highest BCUT2D eigenvalue weighted by Crippen LogP contribution is 2.36. The summed E-state index contributed by atoms with van der Waals surface area (Å²) in [6, 6.07) is 18.6. The van der Waals surface area contributed by atoms with E-state index in [-0.39, 0.29) is 5.97 Å². The highest BCUT2D eigenvalue weighted by atomic mass is 32.2. The molecule has 3 rings (SSSR count). The fraction of sp³-hybridized carbons (Fsp3) is 0.273. The molecule has 1 heterocycles. The zero-order valence-electron chi connectivity index (χ0n) is 15.1. The second-order valence-electron chi connectivity index (χ2n) is 6.15.